The molecule has 2 N–H and O–H groups in total. The van der Waals surface area contributed by atoms with Crippen LogP contribution in [-0.2, 0) is 6.61 Å². The molecule has 0 radical (unpaired) electrons. The molecule has 1 atom stereocenters. The van der Waals surface area contributed by atoms with E-state index in [1.54, 1.807) is 0 Å². The monoisotopic (exact) mass is 285 g/mol. The Morgan fingerprint density at radius 3 is 2.43 bits per heavy atom. The summed E-state index contributed by atoms with van der Waals surface area (Å²) >= 11 is 0. The van der Waals surface area contributed by atoms with Gasteiger partial charge in [0.1, 0.15) is 12.4 Å². The second-order valence-corrected chi connectivity index (χ2v) is 5.10. The summed E-state index contributed by atoms with van der Waals surface area (Å²) in [6.07, 6.45) is 0.780. The molecule has 112 valence electrons. The molecule has 2 aromatic rings. The van der Waals surface area contributed by atoms with E-state index in [1.807, 2.05) is 30.3 Å². The lowest BCUT2D eigenvalue weighted by atomic mass is 10.1. The van der Waals surface area contributed by atoms with Gasteiger partial charge in [-0.15, -0.1) is 0 Å². The zero-order valence-electron chi connectivity index (χ0n) is 12.5. The number of hydrogen-bond donors (Lipinski definition) is 2. The summed E-state index contributed by atoms with van der Waals surface area (Å²) in [4.78, 5) is 0. The van der Waals surface area contributed by atoms with Gasteiger partial charge >= 0.3 is 0 Å². The Bertz CT molecular complexity index is 511. The smallest absolute Gasteiger partial charge is 0.119 e. The zero-order chi connectivity index (χ0) is 14.9. The predicted molar refractivity (Wildman–Crippen MR) is 85.3 cm³/mol. The summed E-state index contributed by atoms with van der Waals surface area (Å²) in [5, 5.41) is 12.2. The van der Waals surface area contributed by atoms with Gasteiger partial charge in [-0.1, -0.05) is 42.5 Å². The molecule has 0 fully saturated rings. The Labute approximate surface area is 126 Å². The van der Waals surface area contributed by atoms with Crippen LogP contribution in [0.3, 0.4) is 0 Å². The van der Waals surface area contributed by atoms with Gasteiger partial charge in [-0.3, -0.25) is 0 Å². The molecule has 0 aliphatic heterocycles. The van der Waals surface area contributed by atoms with E-state index in [-0.39, 0.29) is 12.6 Å². The van der Waals surface area contributed by atoms with Gasteiger partial charge in [0.05, 0.1) is 0 Å². The van der Waals surface area contributed by atoms with Crippen molar-refractivity contribution in [2.75, 3.05) is 13.2 Å². The van der Waals surface area contributed by atoms with Crippen molar-refractivity contribution in [1.82, 2.24) is 5.32 Å². The maximum atomic E-state index is 8.78. The largest absolute Gasteiger partial charge is 0.489 e. The number of hydrogen-bond acceptors (Lipinski definition) is 3. The molecule has 0 saturated heterocycles. The van der Waals surface area contributed by atoms with Gasteiger partial charge in [0, 0.05) is 12.6 Å². The summed E-state index contributed by atoms with van der Waals surface area (Å²) in [7, 11) is 0. The average Bonchev–Trinajstić information content (AvgIpc) is 2.54. The molecule has 0 heterocycles. The average molecular weight is 285 g/mol. The summed E-state index contributed by atoms with van der Waals surface area (Å²) < 4.78 is 5.77. The quantitative estimate of drug-likeness (QED) is 0.731. The van der Waals surface area contributed by atoms with Gasteiger partial charge in [-0.25, -0.2) is 0 Å². The third kappa shape index (κ3) is 5.21. The van der Waals surface area contributed by atoms with Crippen LogP contribution in [0.4, 0.5) is 0 Å². The highest BCUT2D eigenvalue weighted by Gasteiger charge is 2.04. The summed E-state index contributed by atoms with van der Waals surface area (Å²) in [5.74, 6) is 0.880. The molecule has 0 aliphatic carbocycles. The summed E-state index contributed by atoms with van der Waals surface area (Å²) in [5.41, 5.74) is 2.39. The lowest BCUT2D eigenvalue weighted by molar-refractivity contribution is 0.284. The molecular formula is C18H23NO2. The predicted octanol–water partition coefficient (Wildman–Crippen LogP) is 3.30. The van der Waals surface area contributed by atoms with Gasteiger partial charge < -0.3 is 15.2 Å². The maximum absolute atomic E-state index is 8.78. The lowest BCUT2D eigenvalue weighted by Gasteiger charge is -2.14. The molecule has 3 heteroatoms. The SMILES string of the molecule is CC(NCCCO)c1ccc(OCc2ccccc2)cc1. The number of nitrogens with one attached hydrogen (secondary N) is 1. The normalized spacial score (nSPS) is 12.1. The van der Waals surface area contributed by atoms with E-state index in [0.29, 0.717) is 6.61 Å². The molecule has 0 aliphatic rings. The van der Waals surface area contributed by atoms with Crippen molar-refractivity contribution in [3.63, 3.8) is 0 Å². The van der Waals surface area contributed by atoms with E-state index in [9.17, 15) is 0 Å². The molecule has 2 aromatic carbocycles. The molecule has 21 heavy (non-hydrogen) atoms. The van der Waals surface area contributed by atoms with Crippen LogP contribution in [-0.4, -0.2) is 18.3 Å². The van der Waals surface area contributed by atoms with E-state index in [4.69, 9.17) is 9.84 Å². The Morgan fingerprint density at radius 1 is 1.05 bits per heavy atom. The second-order valence-electron chi connectivity index (χ2n) is 5.10. The summed E-state index contributed by atoms with van der Waals surface area (Å²) in [6, 6.07) is 18.6. The van der Waals surface area contributed by atoms with E-state index < -0.39 is 0 Å². The minimum atomic E-state index is 0.228. The highest BCUT2D eigenvalue weighted by molar-refractivity contribution is 5.29. The van der Waals surface area contributed by atoms with Gasteiger partial charge in [-0.2, -0.15) is 0 Å². The van der Waals surface area contributed by atoms with Crippen LogP contribution >= 0.6 is 0 Å². The van der Waals surface area contributed by atoms with Crippen molar-refractivity contribution in [1.29, 1.82) is 0 Å². The molecular weight excluding hydrogens is 262 g/mol. The van der Waals surface area contributed by atoms with Crippen LogP contribution in [0.5, 0.6) is 5.75 Å². The van der Waals surface area contributed by atoms with Crippen molar-refractivity contribution in [2.45, 2.75) is 26.0 Å². The van der Waals surface area contributed by atoms with Crippen LogP contribution in [0, 0.1) is 0 Å². The third-order valence-corrected chi connectivity index (χ3v) is 3.41. The number of aliphatic hydroxyl groups excluding tert-OH is 1. The van der Waals surface area contributed by atoms with Crippen molar-refractivity contribution < 1.29 is 9.84 Å². The van der Waals surface area contributed by atoms with Crippen LogP contribution in [0.1, 0.15) is 30.5 Å². The van der Waals surface area contributed by atoms with E-state index in [2.05, 4.69) is 36.5 Å². The molecule has 0 saturated carbocycles. The molecule has 0 aromatic heterocycles. The first-order valence-electron chi connectivity index (χ1n) is 7.40. The highest BCUT2D eigenvalue weighted by atomic mass is 16.5. The molecule has 2 rings (SSSR count). The fraction of sp³-hybridized carbons (Fsp3) is 0.333. The molecule has 0 amide bonds. The van der Waals surface area contributed by atoms with E-state index in [1.165, 1.54) is 11.1 Å². The summed E-state index contributed by atoms with van der Waals surface area (Å²) in [6.45, 7) is 3.76. The van der Waals surface area contributed by atoms with Crippen molar-refractivity contribution in [3.05, 3.63) is 65.7 Å². The Hall–Kier alpha value is -1.84. The minimum absolute atomic E-state index is 0.228. The molecule has 0 bridgehead atoms. The molecule has 3 nitrogen and oxygen atoms in total. The Morgan fingerprint density at radius 2 is 1.76 bits per heavy atom. The number of benzene rings is 2. The van der Waals surface area contributed by atoms with Crippen molar-refractivity contribution in [3.8, 4) is 5.75 Å². The number of aliphatic hydroxyl groups is 1. The van der Waals surface area contributed by atoms with Crippen LogP contribution in [0.2, 0.25) is 0 Å². The van der Waals surface area contributed by atoms with Gasteiger partial charge in [0.25, 0.3) is 0 Å². The van der Waals surface area contributed by atoms with E-state index >= 15 is 0 Å². The minimum Gasteiger partial charge on any atom is -0.489 e. The first-order chi connectivity index (χ1) is 10.3. The van der Waals surface area contributed by atoms with Crippen LogP contribution in [0.15, 0.2) is 54.6 Å². The van der Waals surface area contributed by atoms with Crippen molar-refractivity contribution in [2.24, 2.45) is 0 Å². The molecule has 0 spiro atoms. The lowest BCUT2D eigenvalue weighted by Crippen LogP contribution is -2.20. The maximum Gasteiger partial charge on any atom is 0.119 e. The fourth-order valence-corrected chi connectivity index (χ4v) is 2.11. The van der Waals surface area contributed by atoms with Crippen molar-refractivity contribution >= 4 is 0 Å². The van der Waals surface area contributed by atoms with Gasteiger partial charge in [-0.05, 0) is 43.1 Å². The number of ether oxygens (including phenoxy) is 1. The first-order valence-corrected chi connectivity index (χ1v) is 7.40. The third-order valence-electron chi connectivity index (χ3n) is 3.41. The Kier molecular flexibility index (Phi) is 6.25. The topological polar surface area (TPSA) is 41.5 Å². The van der Waals surface area contributed by atoms with Crippen LogP contribution in [0.25, 0.3) is 0 Å². The number of rotatable bonds is 8. The van der Waals surface area contributed by atoms with Gasteiger partial charge in [0.2, 0.25) is 0 Å². The second kappa shape index (κ2) is 8.45. The highest BCUT2D eigenvalue weighted by Crippen LogP contribution is 2.18. The Balaban J connectivity index is 1.84. The van der Waals surface area contributed by atoms with Crippen LogP contribution < -0.4 is 10.1 Å². The first kappa shape index (κ1) is 15.5. The van der Waals surface area contributed by atoms with E-state index in [0.717, 1.165) is 18.7 Å². The molecule has 1 unspecified atom stereocenters. The standard InChI is InChI=1S/C18H23NO2/c1-15(19-12-5-13-20)17-8-10-18(11-9-17)21-14-16-6-3-2-4-7-16/h2-4,6-11,15,19-20H,5,12-14H2,1H3. The zero-order valence-corrected chi connectivity index (χ0v) is 12.5. The fourth-order valence-electron chi connectivity index (χ4n) is 2.11. The van der Waals surface area contributed by atoms with Gasteiger partial charge in [0.15, 0.2) is 0 Å².